The lowest BCUT2D eigenvalue weighted by Crippen LogP contribution is -2.12. The zero-order chi connectivity index (χ0) is 22.1. The predicted molar refractivity (Wildman–Crippen MR) is 121 cm³/mol. The lowest BCUT2D eigenvalue weighted by Gasteiger charge is -2.19. The summed E-state index contributed by atoms with van der Waals surface area (Å²) in [5, 5.41) is 9.71. The molecular formula is C24H37N3O2. The van der Waals surface area contributed by atoms with Crippen molar-refractivity contribution in [2.24, 2.45) is 5.92 Å². The first-order valence-electron chi connectivity index (χ1n) is 10.6. The van der Waals surface area contributed by atoms with Crippen LogP contribution in [0.2, 0.25) is 0 Å². The van der Waals surface area contributed by atoms with Gasteiger partial charge in [0, 0.05) is 18.2 Å². The molecule has 5 heteroatoms. The number of rotatable bonds is 7. The van der Waals surface area contributed by atoms with E-state index < -0.39 is 0 Å². The van der Waals surface area contributed by atoms with Crippen LogP contribution in [0.5, 0.6) is 5.88 Å². The van der Waals surface area contributed by atoms with Gasteiger partial charge in [-0.3, -0.25) is 0 Å². The third-order valence-electron chi connectivity index (χ3n) is 4.90. The van der Waals surface area contributed by atoms with E-state index in [1.807, 2.05) is 52.8 Å². The zero-order valence-corrected chi connectivity index (χ0v) is 19.5. The van der Waals surface area contributed by atoms with Crippen molar-refractivity contribution in [1.82, 2.24) is 15.0 Å². The van der Waals surface area contributed by atoms with Crippen molar-refractivity contribution in [2.45, 2.75) is 67.7 Å². The van der Waals surface area contributed by atoms with Crippen LogP contribution in [0.1, 0.15) is 76.7 Å². The summed E-state index contributed by atoms with van der Waals surface area (Å²) in [5.41, 5.74) is 6.16. The van der Waals surface area contributed by atoms with E-state index in [-0.39, 0.29) is 12.5 Å². The Morgan fingerprint density at radius 1 is 1.10 bits per heavy atom. The fraction of sp³-hybridized carbons (Fsp3) is 0.542. The molecule has 0 bridgehead atoms. The van der Waals surface area contributed by atoms with Gasteiger partial charge in [-0.2, -0.15) is 0 Å². The molecule has 1 N–H and O–H groups in total. The van der Waals surface area contributed by atoms with Gasteiger partial charge in [-0.15, -0.1) is 0 Å². The Morgan fingerprint density at radius 2 is 1.76 bits per heavy atom. The van der Waals surface area contributed by atoms with Gasteiger partial charge < -0.3 is 9.84 Å². The molecule has 1 atom stereocenters. The van der Waals surface area contributed by atoms with Crippen LogP contribution in [-0.2, 0) is 0 Å². The van der Waals surface area contributed by atoms with Crippen molar-refractivity contribution in [3.05, 3.63) is 41.0 Å². The Morgan fingerprint density at radius 3 is 2.24 bits per heavy atom. The number of ether oxygens (including phenoxy) is 1. The van der Waals surface area contributed by atoms with E-state index in [2.05, 4.69) is 25.8 Å². The van der Waals surface area contributed by atoms with Crippen molar-refractivity contribution in [2.75, 3.05) is 13.7 Å². The normalized spacial score (nSPS) is 12.4. The summed E-state index contributed by atoms with van der Waals surface area (Å²) >= 11 is 0. The number of hydrogen-bond acceptors (Lipinski definition) is 5. The molecule has 0 saturated carbocycles. The average Bonchev–Trinajstić information content (AvgIpc) is 2.74. The van der Waals surface area contributed by atoms with Crippen molar-refractivity contribution < 1.29 is 9.84 Å². The highest BCUT2D eigenvalue weighted by molar-refractivity contribution is 5.71. The highest BCUT2D eigenvalue weighted by Crippen LogP contribution is 2.33. The predicted octanol–water partition coefficient (Wildman–Crippen LogP) is 5.74. The Kier molecular flexibility index (Phi) is 9.96. The first-order valence-corrected chi connectivity index (χ1v) is 10.6. The van der Waals surface area contributed by atoms with Gasteiger partial charge in [0.05, 0.1) is 35.4 Å². The maximum absolute atomic E-state index is 9.71. The smallest absolute Gasteiger partial charge is 0.222 e. The van der Waals surface area contributed by atoms with Gasteiger partial charge in [0.1, 0.15) is 0 Å². The fourth-order valence-electron chi connectivity index (χ4n) is 3.26. The molecule has 160 valence electrons. The summed E-state index contributed by atoms with van der Waals surface area (Å²) in [7, 11) is 1.63. The van der Waals surface area contributed by atoms with Crippen LogP contribution in [0.4, 0.5) is 0 Å². The lowest BCUT2D eigenvalue weighted by atomic mass is 9.92. The van der Waals surface area contributed by atoms with E-state index in [1.165, 1.54) is 0 Å². The molecule has 0 spiro atoms. The number of nitrogens with zero attached hydrogens (tertiary/aromatic N) is 3. The highest BCUT2D eigenvalue weighted by Gasteiger charge is 2.20. The number of allylic oxidation sites excluding steroid dienone is 1. The van der Waals surface area contributed by atoms with Crippen LogP contribution in [0.3, 0.4) is 0 Å². The minimum Gasteiger partial charge on any atom is -0.480 e. The van der Waals surface area contributed by atoms with Gasteiger partial charge in [-0.1, -0.05) is 40.7 Å². The van der Waals surface area contributed by atoms with Gasteiger partial charge in [0.2, 0.25) is 5.88 Å². The standard InChI is InChI=1S/C22H31N3O2.C2H6/c1-8-16(12-26)17(9-2)20-14(5)24-21(15(6)23-20)18-10-11-19(13(3)4)25-22(18)27-7;1-2/h9-11,13,16,26H,8,12H2,1-7H3;1-2H3/b17-9-;/t16-;/m0./s1. The average molecular weight is 400 g/mol. The molecule has 0 aliphatic heterocycles. The van der Waals surface area contributed by atoms with Gasteiger partial charge in [-0.25, -0.2) is 15.0 Å². The highest BCUT2D eigenvalue weighted by atomic mass is 16.5. The first kappa shape index (κ1) is 24.8. The SMILES string of the molecule is C/C=C(\c1nc(C)c(-c2ccc(C(C)C)nc2OC)nc1C)[C@@H](CC)CO.CC. The molecule has 0 aliphatic carbocycles. The third-order valence-corrected chi connectivity index (χ3v) is 4.90. The maximum Gasteiger partial charge on any atom is 0.222 e. The van der Waals surface area contributed by atoms with E-state index in [9.17, 15) is 5.11 Å². The van der Waals surface area contributed by atoms with E-state index in [0.717, 1.165) is 46.0 Å². The molecule has 0 aliphatic rings. The number of aromatic nitrogens is 3. The van der Waals surface area contributed by atoms with Crippen LogP contribution in [-0.4, -0.2) is 33.8 Å². The quantitative estimate of drug-likeness (QED) is 0.643. The molecule has 2 heterocycles. The number of aliphatic hydroxyl groups excluding tert-OH is 1. The number of hydrogen-bond donors (Lipinski definition) is 1. The molecule has 0 radical (unpaired) electrons. The molecule has 29 heavy (non-hydrogen) atoms. The van der Waals surface area contributed by atoms with Crippen LogP contribution < -0.4 is 4.74 Å². The molecule has 0 aromatic carbocycles. The van der Waals surface area contributed by atoms with Crippen LogP contribution in [0, 0.1) is 19.8 Å². The van der Waals surface area contributed by atoms with Crippen molar-refractivity contribution in [3.8, 4) is 17.1 Å². The molecular weight excluding hydrogens is 362 g/mol. The maximum atomic E-state index is 9.71. The minimum absolute atomic E-state index is 0.0646. The lowest BCUT2D eigenvalue weighted by molar-refractivity contribution is 0.254. The molecule has 0 saturated heterocycles. The van der Waals surface area contributed by atoms with E-state index in [4.69, 9.17) is 14.7 Å². The number of methoxy groups -OCH3 is 1. The van der Waals surface area contributed by atoms with Crippen molar-refractivity contribution in [3.63, 3.8) is 0 Å². The number of aryl methyl sites for hydroxylation is 2. The van der Waals surface area contributed by atoms with Crippen LogP contribution in [0.25, 0.3) is 16.8 Å². The summed E-state index contributed by atoms with van der Waals surface area (Å²) in [6.07, 6.45) is 2.88. The molecule has 2 rings (SSSR count). The summed E-state index contributed by atoms with van der Waals surface area (Å²) in [6.45, 7) is 16.3. The molecule has 0 fully saturated rings. The summed E-state index contributed by atoms with van der Waals surface area (Å²) in [5.74, 6) is 0.958. The monoisotopic (exact) mass is 399 g/mol. The third kappa shape index (κ3) is 5.63. The van der Waals surface area contributed by atoms with E-state index >= 15 is 0 Å². The van der Waals surface area contributed by atoms with Gasteiger partial charge >= 0.3 is 0 Å². The zero-order valence-electron chi connectivity index (χ0n) is 19.5. The Bertz CT molecular complexity index is 825. The molecule has 0 amide bonds. The summed E-state index contributed by atoms with van der Waals surface area (Å²) in [4.78, 5) is 14.3. The largest absolute Gasteiger partial charge is 0.480 e. The second kappa shape index (κ2) is 11.7. The van der Waals surface area contributed by atoms with Gasteiger partial charge in [0.25, 0.3) is 0 Å². The van der Waals surface area contributed by atoms with Crippen LogP contribution >= 0.6 is 0 Å². The van der Waals surface area contributed by atoms with Crippen molar-refractivity contribution >= 4 is 5.57 Å². The Balaban J connectivity index is 0.00000204. The number of aliphatic hydroxyl groups is 1. The van der Waals surface area contributed by atoms with Crippen LogP contribution in [0.15, 0.2) is 18.2 Å². The topological polar surface area (TPSA) is 68.1 Å². The molecule has 2 aromatic heterocycles. The molecule has 0 unspecified atom stereocenters. The fourth-order valence-corrected chi connectivity index (χ4v) is 3.26. The Labute approximate surface area is 176 Å². The molecule has 5 nitrogen and oxygen atoms in total. The van der Waals surface area contributed by atoms with Gasteiger partial charge in [0.15, 0.2) is 0 Å². The van der Waals surface area contributed by atoms with Gasteiger partial charge in [-0.05, 0) is 50.8 Å². The minimum atomic E-state index is 0.0646. The Hall–Kier alpha value is -2.27. The second-order valence-corrected chi connectivity index (χ2v) is 7.07. The van der Waals surface area contributed by atoms with E-state index in [1.54, 1.807) is 7.11 Å². The van der Waals surface area contributed by atoms with Crippen molar-refractivity contribution in [1.29, 1.82) is 0 Å². The molecule has 2 aromatic rings. The number of pyridine rings is 1. The second-order valence-electron chi connectivity index (χ2n) is 7.07. The first-order chi connectivity index (χ1) is 13.9. The summed E-state index contributed by atoms with van der Waals surface area (Å²) in [6, 6.07) is 4.03. The van der Waals surface area contributed by atoms with E-state index in [0.29, 0.717) is 11.8 Å². The summed E-state index contributed by atoms with van der Waals surface area (Å²) < 4.78 is 5.53.